The van der Waals surface area contributed by atoms with E-state index in [1.54, 1.807) is 6.07 Å². The molecule has 1 aliphatic rings. The number of aryl methyl sites for hydroxylation is 2. The fraction of sp³-hybridized carbons (Fsp3) is 0.333. The molecule has 4 rings (SSSR count). The largest absolute Gasteiger partial charge is 0.355 e. The van der Waals surface area contributed by atoms with E-state index in [9.17, 15) is 4.79 Å². The zero-order chi connectivity index (χ0) is 18.6. The molecule has 6 heteroatoms. The molecule has 0 unspecified atom stereocenters. The summed E-state index contributed by atoms with van der Waals surface area (Å²) in [4.78, 5) is 21.6. The van der Waals surface area contributed by atoms with E-state index in [0.717, 1.165) is 29.9 Å². The van der Waals surface area contributed by atoms with Crippen LogP contribution >= 0.6 is 0 Å². The molecule has 138 valence electrons. The van der Waals surface area contributed by atoms with Gasteiger partial charge in [0.1, 0.15) is 5.82 Å². The highest BCUT2D eigenvalue weighted by Gasteiger charge is 2.16. The number of benzene rings is 1. The summed E-state index contributed by atoms with van der Waals surface area (Å²) in [5.41, 5.74) is 4.73. The average molecular weight is 362 g/mol. The maximum absolute atomic E-state index is 12.3. The fourth-order valence-corrected chi connectivity index (χ4v) is 3.46. The molecule has 3 aromatic rings. The second-order valence-electron chi connectivity index (χ2n) is 6.81. The van der Waals surface area contributed by atoms with Crippen molar-refractivity contribution in [3.63, 3.8) is 0 Å². The van der Waals surface area contributed by atoms with E-state index in [-0.39, 0.29) is 11.6 Å². The minimum Gasteiger partial charge on any atom is -0.355 e. The Morgan fingerprint density at radius 2 is 1.96 bits per heavy atom. The summed E-state index contributed by atoms with van der Waals surface area (Å²) in [6.45, 7) is 2.51. The molecule has 0 saturated heterocycles. The number of amides is 1. The van der Waals surface area contributed by atoms with Crippen LogP contribution in [0.5, 0.6) is 0 Å². The quantitative estimate of drug-likeness (QED) is 0.753. The summed E-state index contributed by atoms with van der Waals surface area (Å²) < 4.78 is 5.28. The number of hydrogen-bond acceptors (Lipinski definition) is 5. The van der Waals surface area contributed by atoms with E-state index in [1.807, 2.05) is 30.3 Å². The van der Waals surface area contributed by atoms with Crippen molar-refractivity contribution in [2.24, 2.45) is 0 Å². The van der Waals surface area contributed by atoms with Gasteiger partial charge in [-0.2, -0.15) is 0 Å². The minimum atomic E-state index is -0.254. The van der Waals surface area contributed by atoms with Gasteiger partial charge in [-0.1, -0.05) is 35.5 Å². The van der Waals surface area contributed by atoms with Gasteiger partial charge in [0.15, 0.2) is 11.5 Å². The van der Waals surface area contributed by atoms with Crippen molar-refractivity contribution in [3.05, 3.63) is 64.9 Å². The maximum atomic E-state index is 12.3. The number of nitrogens with one attached hydrogen (secondary N) is 1. The van der Waals surface area contributed by atoms with Crippen molar-refractivity contribution >= 4 is 5.91 Å². The first-order valence-corrected chi connectivity index (χ1v) is 9.36. The molecule has 0 fully saturated rings. The summed E-state index contributed by atoms with van der Waals surface area (Å²) in [6.07, 6.45) is 5.11. The first-order valence-electron chi connectivity index (χ1n) is 9.36. The lowest BCUT2D eigenvalue weighted by Crippen LogP contribution is -2.26. The molecule has 0 bridgehead atoms. The molecule has 2 heterocycles. The summed E-state index contributed by atoms with van der Waals surface area (Å²) in [7, 11) is 0. The van der Waals surface area contributed by atoms with Crippen molar-refractivity contribution in [1.82, 2.24) is 20.4 Å². The topological polar surface area (TPSA) is 80.9 Å². The monoisotopic (exact) mass is 362 g/mol. The van der Waals surface area contributed by atoms with Crippen molar-refractivity contribution < 1.29 is 9.32 Å². The van der Waals surface area contributed by atoms with Gasteiger partial charge in [0.25, 0.3) is 5.91 Å². The van der Waals surface area contributed by atoms with Gasteiger partial charge < -0.3 is 9.84 Å². The van der Waals surface area contributed by atoms with E-state index in [4.69, 9.17) is 9.51 Å². The van der Waals surface area contributed by atoms with Gasteiger partial charge in [0, 0.05) is 36.0 Å². The lowest BCUT2D eigenvalue weighted by molar-refractivity contribution is 0.0945. The predicted molar refractivity (Wildman–Crippen MR) is 101 cm³/mol. The smallest absolute Gasteiger partial charge is 0.273 e. The van der Waals surface area contributed by atoms with Gasteiger partial charge in [0.2, 0.25) is 0 Å². The Labute approximate surface area is 158 Å². The maximum Gasteiger partial charge on any atom is 0.273 e. The molecule has 2 aromatic heterocycles. The molecule has 27 heavy (non-hydrogen) atoms. The molecule has 0 spiro atoms. The number of nitrogens with zero attached hydrogens (tertiary/aromatic N) is 3. The Hall–Kier alpha value is -3.02. The van der Waals surface area contributed by atoms with Gasteiger partial charge in [-0.25, -0.2) is 9.97 Å². The molecule has 0 atom stereocenters. The summed E-state index contributed by atoms with van der Waals surface area (Å²) in [5.74, 6) is 1.11. The number of carbonyl (C=O) groups is 1. The van der Waals surface area contributed by atoms with Gasteiger partial charge >= 0.3 is 0 Å². The summed E-state index contributed by atoms with van der Waals surface area (Å²) >= 11 is 0. The van der Waals surface area contributed by atoms with Crippen LogP contribution in [0.3, 0.4) is 0 Å². The van der Waals surface area contributed by atoms with Crippen LogP contribution in [0, 0.1) is 6.92 Å². The fourth-order valence-electron chi connectivity index (χ4n) is 3.46. The van der Waals surface area contributed by atoms with Crippen LogP contribution in [0.2, 0.25) is 0 Å². The number of fused-ring (bicyclic) bond motifs is 1. The molecule has 1 aliphatic carbocycles. The van der Waals surface area contributed by atoms with Crippen LogP contribution in [-0.4, -0.2) is 27.6 Å². The first-order chi connectivity index (χ1) is 13.2. The van der Waals surface area contributed by atoms with E-state index in [0.29, 0.717) is 18.7 Å². The molecule has 0 saturated carbocycles. The standard InChI is InChI=1S/C21H22N4O2/c1-14-16-9-5-6-10-17(16)24-20(23-14)11-12-22-21(26)18-13-19(27-25-18)15-7-3-2-4-8-15/h2-4,7-8,13H,5-6,9-12H2,1H3,(H,22,26). The van der Waals surface area contributed by atoms with E-state index in [2.05, 4.69) is 22.4 Å². The van der Waals surface area contributed by atoms with Gasteiger partial charge in [-0.05, 0) is 38.2 Å². The molecule has 1 N–H and O–H groups in total. The van der Waals surface area contributed by atoms with E-state index in [1.165, 1.54) is 24.1 Å². The van der Waals surface area contributed by atoms with Gasteiger partial charge in [0.05, 0.1) is 0 Å². The Morgan fingerprint density at radius 1 is 1.15 bits per heavy atom. The zero-order valence-corrected chi connectivity index (χ0v) is 15.4. The Bertz CT molecular complexity index is 950. The third-order valence-corrected chi connectivity index (χ3v) is 4.87. The normalized spacial score (nSPS) is 13.2. The van der Waals surface area contributed by atoms with Crippen LogP contribution in [0.4, 0.5) is 0 Å². The third kappa shape index (κ3) is 3.89. The van der Waals surface area contributed by atoms with Crippen LogP contribution in [0.15, 0.2) is 40.9 Å². The Kier molecular flexibility index (Phi) is 4.96. The molecular weight excluding hydrogens is 340 g/mol. The Morgan fingerprint density at radius 3 is 2.81 bits per heavy atom. The van der Waals surface area contributed by atoms with Crippen LogP contribution in [-0.2, 0) is 19.3 Å². The van der Waals surface area contributed by atoms with Crippen LogP contribution in [0.25, 0.3) is 11.3 Å². The van der Waals surface area contributed by atoms with Crippen LogP contribution in [0.1, 0.15) is 46.1 Å². The van der Waals surface area contributed by atoms with Crippen molar-refractivity contribution in [2.75, 3.05) is 6.54 Å². The lowest BCUT2D eigenvalue weighted by Gasteiger charge is -2.17. The first kappa shape index (κ1) is 17.4. The van der Waals surface area contributed by atoms with Crippen molar-refractivity contribution in [2.45, 2.75) is 39.0 Å². The predicted octanol–water partition coefficient (Wildman–Crippen LogP) is 3.29. The second-order valence-corrected chi connectivity index (χ2v) is 6.81. The van der Waals surface area contributed by atoms with Gasteiger partial charge in [-0.15, -0.1) is 0 Å². The van der Waals surface area contributed by atoms with Gasteiger partial charge in [-0.3, -0.25) is 4.79 Å². The highest BCUT2D eigenvalue weighted by Crippen LogP contribution is 2.22. The third-order valence-electron chi connectivity index (χ3n) is 4.87. The number of aromatic nitrogens is 3. The molecule has 1 aromatic carbocycles. The number of rotatable bonds is 5. The zero-order valence-electron chi connectivity index (χ0n) is 15.4. The lowest BCUT2D eigenvalue weighted by atomic mass is 9.95. The molecule has 0 aliphatic heterocycles. The van der Waals surface area contributed by atoms with Crippen molar-refractivity contribution in [3.8, 4) is 11.3 Å². The highest BCUT2D eigenvalue weighted by atomic mass is 16.5. The number of carbonyl (C=O) groups excluding carboxylic acids is 1. The van der Waals surface area contributed by atoms with E-state index >= 15 is 0 Å². The molecule has 1 amide bonds. The van der Waals surface area contributed by atoms with E-state index < -0.39 is 0 Å². The Balaban J connectivity index is 1.36. The minimum absolute atomic E-state index is 0.254. The summed E-state index contributed by atoms with van der Waals surface area (Å²) in [5, 5.41) is 6.74. The highest BCUT2D eigenvalue weighted by molar-refractivity contribution is 5.93. The number of hydrogen-bond donors (Lipinski definition) is 1. The molecule has 6 nitrogen and oxygen atoms in total. The van der Waals surface area contributed by atoms with Crippen molar-refractivity contribution in [1.29, 1.82) is 0 Å². The summed E-state index contributed by atoms with van der Waals surface area (Å²) in [6, 6.07) is 11.2. The SMILES string of the molecule is Cc1nc(CCNC(=O)c2cc(-c3ccccc3)on2)nc2c1CCCC2. The average Bonchev–Trinajstić information content (AvgIpc) is 3.19. The molecule has 0 radical (unpaired) electrons. The van der Waals surface area contributed by atoms with Crippen LogP contribution < -0.4 is 5.32 Å². The molecular formula is C21H22N4O2. The second kappa shape index (κ2) is 7.70.